The van der Waals surface area contributed by atoms with Gasteiger partial charge in [0, 0.05) is 29.7 Å². The molecule has 6 aliphatic rings. The summed E-state index contributed by atoms with van der Waals surface area (Å²) < 4.78 is 19.3. The van der Waals surface area contributed by atoms with Crippen LogP contribution >= 0.6 is 23.2 Å². The normalized spacial score (nSPS) is 40.2. The molecule has 14 heteroatoms. The zero-order valence-electron chi connectivity index (χ0n) is 33.8. The Kier molecular flexibility index (Phi) is 11.9. The van der Waals surface area contributed by atoms with Crippen LogP contribution in [-0.2, 0) is 28.6 Å². The van der Waals surface area contributed by atoms with Crippen molar-refractivity contribution in [3.63, 3.8) is 0 Å². The molecule has 2 aliphatic heterocycles. The van der Waals surface area contributed by atoms with Crippen LogP contribution in [0.5, 0.6) is 0 Å². The van der Waals surface area contributed by atoms with Crippen LogP contribution in [-0.4, -0.2) is 80.2 Å². The summed E-state index contributed by atoms with van der Waals surface area (Å²) in [5.74, 6) is -4.44. The topological polar surface area (TPSA) is 184 Å². The van der Waals surface area contributed by atoms with Crippen LogP contribution < -0.4 is 5.32 Å². The van der Waals surface area contributed by atoms with Crippen molar-refractivity contribution in [2.24, 2.45) is 40.4 Å². The number of amides is 1. The van der Waals surface area contributed by atoms with Gasteiger partial charge in [-0.25, -0.2) is 9.59 Å². The van der Waals surface area contributed by atoms with Gasteiger partial charge in [-0.05, 0) is 88.5 Å². The van der Waals surface area contributed by atoms with Gasteiger partial charge in [0.15, 0.2) is 11.9 Å². The number of hydrogen-bond acceptors (Lipinski definition) is 9. The maximum absolute atomic E-state index is 15.1. The van der Waals surface area contributed by atoms with Gasteiger partial charge >= 0.3 is 11.9 Å². The van der Waals surface area contributed by atoms with E-state index >= 15 is 4.79 Å². The molecular formula is C44H56Cl2N2O10. The lowest BCUT2D eigenvalue weighted by Crippen LogP contribution is -2.58. The minimum atomic E-state index is -1.72. The van der Waals surface area contributed by atoms with Crippen LogP contribution in [0.2, 0.25) is 10.2 Å². The summed E-state index contributed by atoms with van der Waals surface area (Å²) in [6.07, 6.45) is 12.3. The Balaban J connectivity index is 1.21. The van der Waals surface area contributed by atoms with Crippen LogP contribution in [0.1, 0.15) is 109 Å². The number of hydrogen-bond donors (Lipinski definition) is 5. The number of carboxylic acids is 1. The zero-order chi connectivity index (χ0) is 41.9. The number of ketones is 1. The molecule has 0 radical (unpaired) electrons. The first kappa shape index (κ1) is 42.7. The second kappa shape index (κ2) is 16.2. The summed E-state index contributed by atoms with van der Waals surface area (Å²) in [5.41, 5.74) is -4.03. The fourth-order valence-electron chi connectivity index (χ4n) is 11.3. The van der Waals surface area contributed by atoms with Crippen LogP contribution in [0.3, 0.4) is 0 Å². The number of carbonyl (C=O) groups excluding carboxylic acids is 3. The number of aliphatic hydroxyl groups is 2. The van der Waals surface area contributed by atoms with E-state index in [-0.39, 0.29) is 69.3 Å². The number of Topliss-reactive ketones (excluding diaryl/α,β-unsaturated/α-hetero) is 1. The second-order valence-electron chi connectivity index (χ2n) is 17.6. The van der Waals surface area contributed by atoms with Crippen LogP contribution in [0.15, 0.2) is 53.4 Å². The van der Waals surface area contributed by atoms with Crippen molar-refractivity contribution < 1.29 is 48.7 Å². The lowest BCUT2D eigenvalue weighted by atomic mass is 9.50. The van der Waals surface area contributed by atoms with Crippen molar-refractivity contribution in [1.29, 1.82) is 0 Å². The van der Waals surface area contributed by atoms with Crippen molar-refractivity contribution in [2.45, 2.75) is 135 Å². The standard InChI is InChI=1S/C44H56Cl2N2O10/c1-6-24-20-44-38(51)33(41(55)58-44)37(50)43(7-2)25(12-10-8-9-11-17-42(44,5)21-27(24)40(53)54)14-15-26-28(43)16-13-22(3)36(26)57-32-19-30(49)34(23(4)56-32)48-39(52)35-29(45)18-31(46)47-35/h11,14-15,17-18,21-26,28,30,32,34,36,47,49-50H,6-10,12-13,16,19-20H2,1-5H3,(H,48,52)(H,53,54)/t22-,23+,24-,25+,26+,28-,30+,32-,34+,36-,42-,43+,44+/m0/s1. The van der Waals surface area contributed by atoms with Gasteiger partial charge in [-0.1, -0.05) is 80.8 Å². The summed E-state index contributed by atoms with van der Waals surface area (Å²) in [4.78, 5) is 57.5. The molecule has 1 aromatic rings. The summed E-state index contributed by atoms with van der Waals surface area (Å²) >= 11 is 12.2. The highest BCUT2D eigenvalue weighted by Gasteiger charge is 2.67. The van der Waals surface area contributed by atoms with E-state index in [0.717, 1.165) is 25.7 Å². The molecule has 1 spiro atoms. The molecule has 13 atom stereocenters. The van der Waals surface area contributed by atoms with Gasteiger partial charge in [0.1, 0.15) is 22.2 Å². The third-order valence-corrected chi connectivity index (χ3v) is 15.0. The molecule has 4 aliphatic carbocycles. The van der Waals surface area contributed by atoms with E-state index in [0.29, 0.717) is 25.7 Å². The number of ether oxygens (including phenoxy) is 3. The van der Waals surface area contributed by atoms with E-state index in [4.69, 9.17) is 37.4 Å². The fraction of sp³-hybridized carbons (Fsp3) is 0.636. The highest BCUT2D eigenvalue weighted by atomic mass is 35.5. The molecule has 58 heavy (non-hydrogen) atoms. The highest BCUT2D eigenvalue weighted by molar-refractivity contribution is 6.36. The van der Waals surface area contributed by atoms with Gasteiger partial charge in [-0.3, -0.25) is 9.59 Å². The maximum Gasteiger partial charge on any atom is 0.346 e. The van der Waals surface area contributed by atoms with Gasteiger partial charge < -0.3 is 39.8 Å². The largest absolute Gasteiger partial charge is 0.511 e. The van der Waals surface area contributed by atoms with Crippen molar-refractivity contribution in [2.75, 3.05) is 0 Å². The van der Waals surface area contributed by atoms with Crippen molar-refractivity contribution >= 4 is 46.8 Å². The number of aromatic nitrogens is 1. The number of rotatable bonds is 7. The molecule has 1 amide bonds. The number of aliphatic hydroxyl groups excluding tert-OH is 2. The lowest BCUT2D eigenvalue weighted by molar-refractivity contribution is -0.258. The molecule has 0 unspecified atom stereocenters. The number of carboxylic acid groups (broad SMARTS) is 1. The number of H-pyrrole nitrogens is 1. The number of fused-ring (bicyclic) bond motifs is 4. The molecule has 316 valence electrons. The van der Waals surface area contributed by atoms with E-state index in [9.17, 15) is 29.7 Å². The van der Waals surface area contributed by atoms with E-state index in [1.165, 1.54) is 6.07 Å². The van der Waals surface area contributed by atoms with Crippen LogP contribution in [0.25, 0.3) is 0 Å². The van der Waals surface area contributed by atoms with Crippen LogP contribution in [0, 0.1) is 40.4 Å². The zero-order valence-corrected chi connectivity index (χ0v) is 35.3. The van der Waals surface area contributed by atoms with Gasteiger partial charge in [0.25, 0.3) is 5.91 Å². The Bertz CT molecular complexity index is 1940. The average Bonchev–Trinajstić information content (AvgIpc) is 3.65. The number of halogens is 2. The molecule has 3 fully saturated rings. The summed E-state index contributed by atoms with van der Waals surface area (Å²) in [7, 11) is 0. The molecule has 0 aromatic carbocycles. The van der Waals surface area contributed by atoms with Crippen molar-refractivity contribution in [3.05, 3.63) is 69.2 Å². The van der Waals surface area contributed by atoms with Gasteiger partial charge in [-0.2, -0.15) is 0 Å². The van der Waals surface area contributed by atoms with E-state index in [2.05, 4.69) is 29.4 Å². The molecule has 3 heterocycles. The summed E-state index contributed by atoms with van der Waals surface area (Å²) in [6.45, 7) is 9.47. The number of carbonyl (C=O) groups is 4. The number of nitrogens with one attached hydrogen (secondary N) is 2. The van der Waals surface area contributed by atoms with Gasteiger partial charge in [0.2, 0.25) is 5.78 Å². The Morgan fingerprint density at radius 1 is 1.10 bits per heavy atom. The quantitative estimate of drug-likeness (QED) is 0.103. The van der Waals surface area contributed by atoms with Gasteiger partial charge in [-0.15, -0.1) is 0 Å². The monoisotopic (exact) mass is 842 g/mol. The smallest absolute Gasteiger partial charge is 0.346 e. The van der Waals surface area contributed by atoms with Crippen LogP contribution in [0.4, 0.5) is 0 Å². The highest BCUT2D eigenvalue weighted by Crippen LogP contribution is 2.61. The number of esters is 1. The number of allylic oxidation sites excluding steroid dienone is 3. The first-order chi connectivity index (χ1) is 27.5. The first-order valence-corrected chi connectivity index (χ1v) is 21.6. The molecule has 2 saturated heterocycles. The first-order valence-electron chi connectivity index (χ1n) is 20.9. The molecule has 1 saturated carbocycles. The summed E-state index contributed by atoms with van der Waals surface area (Å²) in [6, 6.07) is 0.674. The Morgan fingerprint density at radius 3 is 2.52 bits per heavy atom. The average molecular weight is 844 g/mol. The SMILES string of the molecule is CC[C@H]1C[C@]23OC(=O)C(=C(O)[C@]4(CC)[C@@H](C=C[C@H]5[C@@H](O[C@H]6C[C@@H](O)[C@H](NC(=O)c7[nH]c(Cl)cc7Cl)[C@@H](C)O6)[C@@H](C)CC[C@@H]54)CCCCC=C[C@@]2(C)C=C1C(=O)O)C3=O. The molecule has 1 aromatic heterocycles. The van der Waals surface area contributed by atoms with E-state index < -0.39 is 76.6 Å². The third kappa shape index (κ3) is 6.98. The predicted octanol–water partition coefficient (Wildman–Crippen LogP) is 7.80. The van der Waals surface area contributed by atoms with Crippen molar-refractivity contribution in [1.82, 2.24) is 10.3 Å². The summed E-state index contributed by atoms with van der Waals surface area (Å²) in [5, 5.41) is 37.5. The molecule has 2 bridgehead atoms. The maximum atomic E-state index is 15.1. The molecule has 7 rings (SSSR count). The lowest BCUT2D eigenvalue weighted by Gasteiger charge is -2.55. The minimum absolute atomic E-state index is 0.00395. The van der Waals surface area contributed by atoms with E-state index in [1.807, 2.05) is 26.0 Å². The minimum Gasteiger partial charge on any atom is -0.511 e. The van der Waals surface area contributed by atoms with Gasteiger partial charge in [0.05, 0.1) is 34.8 Å². The second-order valence-corrected chi connectivity index (χ2v) is 18.4. The Labute approximate surface area is 349 Å². The van der Waals surface area contributed by atoms with Crippen molar-refractivity contribution in [3.8, 4) is 0 Å². The molecule has 12 nitrogen and oxygen atoms in total. The molecular weight excluding hydrogens is 787 g/mol. The van der Waals surface area contributed by atoms with E-state index in [1.54, 1.807) is 19.9 Å². The Morgan fingerprint density at radius 2 is 1.86 bits per heavy atom. The molecule has 5 N–H and O–H groups in total. The number of aromatic amines is 1. The third-order valence-electron chi connectivity index (χ3n) is 14.5. The number of aliphatic carboxylic acids is 1. The Hall–Kier alpha value is -3.42. The predicted molar refractivity (Wildman–Crippen MR) is 216 cm³/mol. The fourth-order valence-corrected chi connectivity index (χ4v) is 11.8.